The summed E-state index contributed by atoms with van der Waals surface area (Å²) in [6.07, 6.45) is 2.85. The number of carbonyl (C=O) groups is 2. The molecule has 1 heterocycles. The molecule has 31 heavy (non-hydrogen) atoms. The average molecular weight is 423 g/mol. The lowest BCUT2D eigenvalue weighted by Crippen LogP contribution is -2.24. The fraction of sp³-hybridized carbons (Fsp3) is 0.273. The average Bonchev–Trinajstić information content (AvgIpc) is 3.29. The fourth-order valence-corrected chi connectivity index (χ4v) is 2.78. The van der Waals surface area contributed by atoms with Gasteiger partial charge in [0.1, 0.15) is 18.7 Å². The SMILES string of the molecule is COc1cc(C(=O)Nc2ccc(NC(=O)C(C)n3cncn3)cc2)ccc1OC(C)C. The van der Waals surface area contributed by atoms with Gasteiger partial charge in [0.15, 0.2) is 11.5 Å². The van der Waals surface area contributed by atoms with Crippen molar-refractivity contribution in [3.8, 4) is 11.5 Å². The van der Waals surface area contributed by atoms with Gasteiger partial charge in [-0.3, -0.25) is 9.59 Å². The molecule has 2 aromatic carbocycles. The van der Waals surface area contributed by atoms with Gasteiger partial charge in [-0.2, -0.15) is 5.10 Å². The monoisotopic (exact) mass is 423 g/mol. The van der Waals surface area contributed by atoms with Gasteiger partial charge in [-0.1, -0.05) is 0 Å². The largest absolute Gasteiger partial charge is 0.493 e. The molecule has 1 aromatic heterocycles. The molecule has 0 aliphatic heterocycles. The number of nitrogens with zero attached hydrogens (tertiary/aromatic N) is 3. The van der Waals surface area contributed by atoms with Crippen molar-refractivity contribution in [2.24, 2.45) is 0 Å². The van der Waals surface area contributed by atoms with Gasteiger partial charge in [-0.05, 0) is 63.2 Å². The molecule has 9 heteroatoms. The molecule has 0 spiro atoms. The molecule has 0 saturated carbocycles. The molecule has 162 valence electrons. The summed E-state index contributed by atoms with van der Waals surface area (Å²) in [6, 6.07) is 11.4. The van der Waals surface area contributed by atoms with Crippen LogP contribution in [0, 0.1) is 0 Å². The van der Waals surface area contributed by atoms with Gasteiger partial charge >= 0.3 is 0 Å². The lowest BCUT2D eigenvalue weighted by molar-refractivity contribution is -0.119. The normalized spacial score (nSPS) is 11.6. The Morgan fingerprint density at radius 2 is 1.65 bits per heavy atom. The number of ether oxygens (including phenoxy) is 2. The Labute approximate surface area is 180 Å². The molecular weight excluding hydrogens is 398 g/mol. The van der Waals surface area contributed by atoms with E-state index in [1.54, 1.807) is 49.4 Å². The third kappa shape index (κ3) is 5.59. The van der Waals surface area contributed by atoms with Gasteiger partial charge < -0.3 is 20.1 Å². The third-order valence-electron chi connectivity index (χ3n) is 4.41. The second kappa shape index (κ2) is 9.75. The molecule has 2 amide bonds. The summed E-state index contributed by atoms with van der Waals surface area (Å²) < 4.78 is 12.5. The van der Waals surface area contributed by atoms with Crippen LogP contribution in [-0.4, -0.2) is 39.8 Å². The molecule has 0 radical (unpaired) electrons. The molecule has 0 aliphatic carbocycles. The molecule has 0 aliphatic rings. The van der Waals surface area contributed by atoms with Crippen molar-refractivity contribution in [3.05, 3.63) is 60.7 Å². The summed E-state index contributed by atoms with van der Waals surface area (Å²) >= 11 is 0. The van der Waals surface area contributed by atoms with Crippen LogP contribution in [0.2, 0.25) is 0 Å². The van der Waals surface area contributed by atoms with E-state index in [1.165, 1.54) is 24.4 Å². The predicted octanol–water partition coefficient (Wildman–Crippen LogP) is 3.53. The van der Waals surface area contributed by atoms with Crippen LogP contribution < -0.4 is 20.1 Å². The van der Waals surface area contributed by atoms with E-state index < -0.39 is 6.04 Å². The third-order valence-corrected chi connectivity index (χ3v) is 4.41. The first-order valence-electron chi connectivity index (χ1n) is 9.78. The van der Waals surface area contributed by atoms with Crippen LogP contribution in [0.3, 0.4) is 0 Å². The topological polar surface area (TPSA) is 107 Å². The van der Waals surface area contributed by atoms with Gasteiger partial charge in [0.25, 0.3) is 5.91 Å². The number of aromatic nitrogens is 3. The molecule has 0 fully saturated rings. The van der Waals surface area contributed by atoms with E-state index in [2.05, 4.69) is 20.7 Å². The van der Waals surface area contributed by atoms with Crippen molar-refractivity contribution in [2.45, 2.75) is 32.9 Å². The predicted molar refractivity (Wildman–Crippen MR) is 117 cm³/mol. The van der Waals surface area contributed by atoms with E-state index in [0.717, 1.165) is 0 Å². The van der Waals surface area contributed by atoms with Crippen molar-refractivity contribution in [1.29, 1.82) is 0 Å². The van der Waals surface area contributed by atoms with E-state index in [1.807, 2.05) is 13.8 Å². The Kier molecular flexibility index (Phi) is 6.86. The van der Waals surface area contributed by atoms with Crippen LogP contribution >= 0.6 is 0 Å². The Morgan fingerprint density at radius 1 is 0.968 bits per heavy atom. The highest BCUT2D eigenvalue weighted by Gasteiger charge is 2.16. The number of hydrogen-bond acceptors (Lipinski definition) is 6. The second-order valence-electron chi connectivity index (χ2n) is 7.10. The number of anilines is 2. The minimum Gasteiger partial charge on any atom is -0.493 e. The van der Waals surface area contributed by atoms with Crippen LogP contribution in [0.5, 0.6) is 11.5 Å². The first-order valence-corrected chi connectivity index (χ1v) is 9.78. The van der Waals surface area contributed by atoms with Crippen LogP contribution in [0.4, 0.5) is 11.4 Å². The van der Waals surface area contributed by atoms with E-state index >= 15 is 0 Å². The zero-order valence-corrected chi connectivity index (χ0v) is 17.8. The van der Waals surface area contributed by atoms with Gasteiger partial charge in [-0.15, -0.1) is 0 Å². The van der Waals surface area contributed by atoms with Crippen molar-refractivity contribution in [1.82, 2.24) is 14.8 Å². The standard InChI is InChI=1S/C22H25N5O4/c1-14(2)31-19-10-5-16(11-20(19)30-4)22(29)26-18-8-6-17(7-9-18)25-21(28)15(3)27-13-23-12-24-27/h5-15H,1-4H3,(H,25,28)(H,26,29). The number of hydrogen-bond donors (Lipinski definition) is 2. The Balaban J connectivity index is 1.63. The minimum absolute atomic E-state index is 0.00761. The highest BCUT2D eigenvalue weighted by Crippen LogP contribution is 2.29. The summed E-state index contributed by atoms with van der Waals surface area (Å²) in [7, 11) is 1.53. The molecule has 3 aromatic rings. The summed E-state index contributed by atoms with van der Waals surface area (Å²) in [5.41, 5.74) is 1.63. The molecule has 3 rings (SSSR count). The summed E-state index contributed by atoms with van der Waals surface area (Å²) in [4.78, 5) is 28.8. The summed E-state index contributed by atoms with van der Waals surface area (Å²) in [5, 5.41) is 9.60. The molecule has 0 saturated heterocycles. The fourth-order valence-electron chi connectivity index (χ4n) is 2.78. The summed E-state index contributed by atoms with van der Waals surface area (Å²) in [6.45, 7) is 5.56. The zero-order chi connectivity index (χ0) is 22.4. The maximum absolute atomic E-state index is 12.6. The maximum Gasteiger partial charge on any atom is 0.255 e. The Hall–Kier alpha value is -3.88. The van der Waals surface area contributed by atoms with E-state index in [-0.39, 0.29) is 17.9 Å². The number of amides is 2. The molecular formula is C22H25N5O4. The van der Waals surface area contributed by atoms with Gasteiger partial charge in [0.2, 0.25) is 5.91 Å². The number of methoxy groups -OCH3 is 1. The van der Waals surface area contributed by atoms with E-state index in [9.17, 15) is 9.59 Å². The number of rotatable bonds is 8. The quantitative estimate of drug-likeness (QED) is 0.574. The lowest BCUT2D eigenvalue weighted by atomic mass is 10.1. The molecule has 0 bridgehead atoms. The zero-order valence-electron chi connectivity index (χ0n) is 17.8. The first kappa shape index (κ1) is 21.8. The van der Waals surface area contributed by atoms with Crippen LogP contribution in [-0.2, 0) is 4.79 Å². The van der Waals surface area contributed by atoms with E-state index in [4.69, 9.17) is 9.47 Å². The lowest BCUT2D eigenvalue weighted by Gasteiger charge is -2.15. The van der Waals surface area contributed by atoms with Crippen LogP contribution in [0.1, 0.15) is 37.2 Å². The summed E-state index contributed by atoms with van der Waals surface area (Å²) in [5.74, 6) is 0.555. The van der Waals surface area contributed by atoms with E-state index in [0.29, 0.717) is 28.4 Å². The highest BCUT2D eigenvalue weighted by molar-refractivity contribution is 6.04. The first-order chi connectivity index (χ1) is 14.9. The van der Waals surface area contributed by atoms with Crippen molar-refractivity contribution >= 4 is 23.2 Å². The molecule has 9 nitrogen and oxygen atoms in total. The number of carbonyl (C=O) groups excluding carboxylic acids is 2. The number of nitrogens with one attached hydrogen (secondary N) is 2. The van der Waals surface area contributed by atoms with Crippen LogP contribution in [0.25, 0.3) is 0 Å². The minimum atomic E-state index is -0.500. The van der Waals surface area contributed by atoms with Crippen molar-refractivity contribution in [2.75, 3.05) is 17.7 Å². The van der Waals surface area contributed by atoms with Gasteiger partial charge in [-0.25, -0.2) is 9.67 Å². The van der Waals surface area contributed by atoms with Crippen molar-refractivity contribution in [3.63, 3.8) is 0 Å². The van der Waals surface area contributed by atoms with Gasteiger partial charge in [0, 0.05) is 16.9 Å². The number of benzene rings is 2. The maximum atomic E-state index is 12.6. The highest BCUT2D eigenvalue weighted by atomic mass is 16.5. The Bertz CT molecular complexity index is 1030. The Morgan fingerprint density at radius 3 is 2.23 bits per heavy atom. The molecule has 1 atom stereocenters. The second-order valence-corrected chi connectivity index (χ2v) is 7.10. The molecule has 1 unspecified atom stereocenters. The smallest absolute Gasteiger partial charge is 0.255 e. The van der Waals surface area contributed by atoms with Crippen molar-refractivity contribution < 1.29 is 19.1 Å². The molecule has 2 N–H and O–H groups in total. The van der Waals surface area contributed by atoms with Crippen LogP contribution in [0.15, 0.2) is 55.1 Å². The van der Waals surface area contributed by atoms with Gasteiger partial charge in [0.05, 0.1) is 13.2 Å².